The van der Waals surface area contributed by atoms with Crippen molar-refractivity contribution in [1.29, 1.82) is 5.26 Å². The van der Waals surface area contributed by atoms with Gasteiger partial charge in [0.1, 0.15) is 5.82 Å². The van der Waals surface area contributed by atoms with Crippen molar-refractivity contribution in [2.45, 2.75) is 0 Å². The number of nitriles is 1. The Morgan fingerprint density at radius 2 is 1.94 bits per heavy atom. The van der Waals surface area contributed by atoms with Crippen LogP contribution in [0, 0.1) is 17.1 Å². The summed E-state index contributed by atoms with van der Waals surface area (Å²) >= 11 is 3.27. The van der Waals surface area contributed by atoms with Gasteiger partial charge in [-0.1, -0.05) is 15.9 Å². The van der Waals surface area contributed by atoms with E-state index < -0.39 is 0 Å². The van der Waals surface area contributed by atoms with Crippen LogP contribution >= 0.6 is 15.9 Å². The van der Waals surface area contributed by atoms with Gasteiger partial charge in [-0.25, -0.2) is 4.39 Å². The van der Waals surface area contributed by atoms with Gasteiger partial charge in [0.05, 0.1) is 28.7 Å². The zero-order chi connectivity index (χ0) is 13.1. The fraction of sp³-hybridized carbons (Fsp3) is 0. The molecule has 0 heterocycles. The normalized spacial score (nSPS) is 9.83. The Hall–Kier alpha value is -2.06. The molecular formula is C13H9BrFN3. The Morgan fingerprint density at radius 1 is 1.17 bits per heavy atom. The molecule has 0 bridgehead atoms. The Morgan fingerprint density at radius 3 is 2.67 bits per heavy atom. The maximum Gasteiger partial charge on any atom is 0.146 e. The summed E-state index contributed by atoms with van der Waals surface area (Å²) in [7, 11) is 0. The van der Waals surface area contributed by atoms with Crippen molar-refractivity contribution >= 4 is 33.0 Å². The summed E-state index contributed by atoms with van der Waals surface area (Å²) in [5.74, 6) is -0.389. The van der Waals surface area contributed by atoms with E-state index in [9.17, 15) is 4.39 Å². The lowest BCUT2D eigenvalue weighted by Crippen LogP contribution is -1.98. The van der Waals surface area contributed by atoms with Gasteiger partial charge in [0.15, 0.2) is 0 Å². The summed E-state index contributed by atoms with van der Waals surface area (Å²) in [4.78, 5) is 0. The van der Waals surface area contributed by atoms with Crippen LogP contribution in [0.2, 0.25) is 0 Å². The lowest BCUT2D eigenvalue weighted by Gasteiger charge is -2.10. The number of rotatable bonds is 2. The topological polar surface area (TPSA) is 61.8 Å². The first kappa shape index (κ1) is 12.4. The second-order valence-corrected chi connectivity index (χ2v) is 4.58. The van der Waals surface area contributed by atoms with Crippen molar-refractivity contribution in [3.8, 4) is 6.07 Å². The van der Waals surface area contributed by atoms with Crippen LogP contribution in [0.25, 0.3) is 0 Å². The average molecular weight is 306 g/mol. The first-order valence-corrected chi connectivity index (χ1v) is 5.91. The van der Waals surface area contributed by atoms with Gasteiger partial charge in [0.2, 0.25) is 0 Å². The first-order chi connectivity index (χ1) is 8.60. The number of hydrogen-bond acceptors (Lipinski definition) is 3. The largest absolute Gasteiger partial charge is 0.397 e. The Bertz CT molecular complexity index is 635. The van der Waals surface area contributed by atoms with Crippen molar-refractivity contribution in [1.82, 2.24) is 0 Å². The number of nitrogens with two attached hydrogens (primary N) is 1. The SMILES string of the molecule is N#Cc1ccc(N)c(Nc2cc(Br)ccc2F)c1. The van der Waals surface area contributed by atoms with Crippen molar-refractivity contribution in [2.24, 2.45) is 0 Å². The van der Waals surface area contributed by atoms with Crippen LogP contribution in [0.5, 0.6) is 0 Å². The van der Waals surface area contributed by atoms with Crippen LogP contribution in [-0.2, 0) is 0 Å². The highest BCUT2D eigenvalue weighted by molar-refractivity contribution is 9.10. The second kappa shape index (κ2) is 5.07. The molecule has 0 spiro atoms. The van der Waals surface area contributed by atoms with Crippen molar-refractivity contribution in [3.05, 3.63) is 52.3 Å². The molecule has 3 N–H and O–H groups in total. The molecule has 0 aliphatic rings. The van der Waals surface area contributed by atoms with E-state index in [4.69, 9.17) is 11.0 Å². The molecule has 2 aromatic carbocycles. The number of benzene rings is 2. The van der Waals surface area contributed by atoms with Crippen LogP contribution in [-0.4, -0.2) is 0 Å². The zero-order valence-electron chi connectivity index (χ0n) is 9.24. The van der Waals surface area contributed by atoms with Crippen LogP contribution in [0.1, 0.15) is 5.56 Å². The number of anilines is 3. The standard InChI is InChI=1S/C13H9BrFN3/c14-9-2-3-10(15)12(6-9)18-13-5-8(7-16)1-4-11(13)17/h1-6,18H,17H2. The van der Waals surface area contributed by atoms with E-state index in [2.05, 4.69) is 21.2 Å². The minimum Gasteiger partial charge on any atom is -0.397 e. The lowest BCUT2D eigenvalue weighted by atomic mass is 10.2. The van der Waals surface area contributed by atoms with Gasteiger partial charge in [0, 0.05) is 4.47 Å². The molecule has 0 aromatic heterocycles. The van der Waals surface area contributed by atoms with E-state index >= 15 is 0 Å². The monoisotopic (exact) mass is 305 g/mol. The third-order valence-corrected chi connectivity index (χ3v) is 2.87. The highest BCUT2D eigenvalue weighted by atomic mass is 79.9. The summed E-state index contributed by atoms with van der Waals surface area (Å²) in [5, 5.41) is 11.7. The molecule has 3 nitrogen and oxygen atoms in total. The summed E-state index contributed by atoms with van der Waals surface area (Å²) in [6, 6.07) is 11.4. The van der Waals surface area contributed by atoms with E-state index in [1.165, 1.54) is 6.07 Å². The molecule has 0 unspecified atom stereocenters. The van der Waals surface area contributed by atoms with Crippen molar-refractivity contribution in [2.75, 3.05) is 11.1 Å². The molecule has 5 heteroatoms. The molecule has 0 aliphatic heterocycles. The van der Waals surface area contributed by atoms with Gasteiger partial charge in [0.25, 0.3) is 0 Å². The highest BCUT2D eigenvalue weighted by Crippen LogP contribution is 2.27. The van der Waals surface area contributed by atoms with E-state index in [1.54, 1.807) is 30.3 Å². The Balaban J connectivity index is 2.39. The third kappa shape index (κ3) is 2.60. The number of nitrogen functional groups attached to an aromatic ring is 1. The Kier molecular flexibility index (Phi) is 3.49. The predicted molar refractivity (Wildman–Crippen MR) is 73.0 cm³/mol. The second-order valence-electron chi connectivity index (χ2n) is 3.66. The summed E-state index contributed by atoms with van der Waals surface area (Å²) < 4.78 is 14.3. The number of hydrogen-bond donors (Lipinski definition) is 2. The molecular weight excluding hydrogens is 297 g/mol. The third-order valence-electron chi connectivity index (χ3n) is 2.38. The molecule has 0 amide bonds. The van der Waals surface area contributed by atoms with Gasteiger partial charge in [-0.05, 0) is 36.4 Å². The first-order valence-electron chi connectivity index (χ1n) is 5.12. The van der Waals surface area contributed by atoms with E-state index in [0.717, 1.165) is 4.47 Å². The molecule has 0 fully saturated rings. The zero-order valence-corrected chi connectivity index (χ0v) is 10.8. The molecule has 0 saturated carbocycles. The van der Waals surface area contributed by atoms with Gasteiger partial charge in [-0.3, -0.25) is 0 Å². The molecule has 0 radical (unpaired) electrons. The minimum atomic E-state index is -0.389. The molecule has 0 saturated heterocycles. The van der Waals surface area contributed by atoms with Crippen molar-refractivity contribution in [3.63, 3.8) is 0 Å². The summed E-state index contributed by atoms with van der Waals surface area (Å²) in [5.41, 5.74) is 7.49. The van der Waals surface area contributed by atoms with Gasteiger partial charge < -0.3 is 11.1 Å². The number of nitrogens with one attached hydrogen (secondary N) is 1. The molecule has 0 aliphatic carbocycles. The van der Waals surface area contributed by atoms with E-state index in [0.29, 0.717) is 22.6 Å². The predicted octanol–water partition coefficient (Wildman–Crippen LogP) is 3.79. The minimum absolute atomic E-state index is 0.297. The fourth-order valence-corrected chi connectivity index (χ4v) is 1.83. The number of nitrogens with zero attached hydrogens (tertiary/aromatic N) is 1. The summed E-state index contributed by atoms with van der Waals surface area (Å²) in [6.45, 7) is 0. The smallest absolute Gasteiger partial charge is 0.146 e. The van der Waals surface area contributed by atoms with E-state index in [-0.39, 0.29) is 5.82 Å². The van der Waals surface area contributed by atoms with Crippen LogP contribution in [0.4, 0.5) is 21.5 Å². The summed E-state index contributed by atoms with van der Waals surface area (Å²) in [6.07, 6.45) is 0. The highest BCUT2D eigenvalue weighted by Gasteiger charge is 2.06. The molecule has 0 atom stereocenters. The van der Waals surface area contributed by atoms with Crippen molar-refractivity contribution < 1.29 is 4.39 Å². The van der Waals surface area contributed by atoms with Gasteiger partial charge in [-0.2, -0.15) is 5.26 Å². The van der Waals surface area contributed by atoms with Crippen LogP contribution < -0.4 is 11.1 Å². The quantitative estimate of drug-likeness (QED) is 0.830. The van der Waals surface area contributed by atoms with Gasteiger partial charge in [-0.15, -0.1) is 0 Å². The molecule has 90 valence electrons. The average Bonchev–Trinajstić information content (AvgIpc) is 2.36. The van der Waals surface area contributed by atoms with Gasteiger partial charge >= 0.3 is 0 Å². The lowest BCUT2D eigenvalue weighted by molar-refractivity contribution is 0.631. The maximum absolute atomic E-state index is 13.6. The van der Waals surface area contributed by atoms with Crippen LogP contribution in [0.15, 0.2) is 40.9 Å². The van der Waals surface area contributed by atoms with Crippen LogP contribution in [0.3, 0.4) is 0 Å². The molecule has 18 heavy (non-hydrogen) atoms. The molecule has 2 aromatic rings. The van der Waals surface area contributed by atoms with E-state index in [1.807, 2.05) is 6.07 Å². The number of halogens is 2. The molecule has 2 rings (SSSR count). The Labute approximate surface area is 112 Å². The fourth-order valence-electron chi connectivity index (χ4n) is 1.47. The maximum atomic E-state index is 13.6.